The topological polar surface area (TPSA) is 91.3 Å². The molecule has 1 aromatic rings. The molecule has 0 saturated carbocycles. The van der Waals surface area contributed by atoms with E-state index in [9.17, 15) is 14.5 Å². The summed E-state index contributed by atoms with van der Waals surface area (Å²) in [6.07, 6.45) is 3.26. The maximum atomic E-state index is 13.6. The van der Waals surface area contributed by atoms with E-state index in [4.69, 9.17) is 16.9 Å². The number of nitro groups is 1. The highest BCUT2D eigenvalue weighted by Crippen LogP contribution is 2.32. The monoisotopic (exact) mass is 288 g/mol. The summed E-state index contributed by atoms with van der Waals surface area (Å²) in [5, 5.41) is 21.1. The van der Waals surface area contributed by atoms with E-state index in [1.165, 1.54) is 0 Å². The lowest BCUT2D eigenvalue weighted by Gasteiger charge is -2.03. The first-order valence-electron chi connectivity index (χ1n) is 4.40. The number of nitro benzene ring substituents is 1. The summed E-state index contributed by atoms with van der Waals surface area (Å²) in [4.78, 5) is 13.5. The third kappa shape index (κ3) is 3.32. The standard InChI is InChI=1S/C9H6ClFN4O2S/c1-18-9(13-4-12)14-8-6(10)2-5(15(16)17)3-7(8)11/h2-3H,1H3,(H,13,14). The Balaban J connectivity index is 3.27. The van der Waals surface area contributed by atoms with Gasteiger partial charge in [0.2, 0.25) is 0 Å². The molecule has 0 spiro atoms. The summed E-state index contributed by atoms with van der Waals surface area (Å²) < 4.78 is 13.6. The van der Waals surface area contributed by atoms with Crippen molar-refractivity contribution in [3.63, 3.8) is 0 Å². The van der Waals surface area contributed by atoms with Crippen LogP contribution in [0.25, 0.3) is 0 Å². The Labute approximate surface area is 111 Å². The van der Waals surface area contributed by atoms with Gasteiger partial charge in [0.25, 0.3) is 5.69 Å². The van der Waals surface area contributed by atoms with Crippen LogP contribution in [0, 0.1) is 27.4 Å². The summed E-state index contributed by atoms with van der Waals surface area (Å²) in [7, 11) is 0. The Bertz CT molecular complexity index is 535. The molecule has 0 radical (unpaired) electrons. The van der Waals surface area contributed by atoms with E-state index in [1.807, 2.05) is 0 Å². The van der Waals surface area contributed by atoms with Crippen molar-refractivity contribution in [2.45, 2.75) is 0 Å². The second-order valence-corrected chi connectivity index (χ2v) is 4.08. The van der Waals surface area contributed by atoms with Gasteiger partial charge in [0, 0.05) is 6.07 Å². The molecule has 0 atom stereocenters. The zero-order valence-corrected chi connectivity index (χ0v) is 10.5. The van der Waals surface area contributed by atoms with Crippen molar-refractivity contribution in [1.82, 2.24) is 5.32 Å². The highest BCUT2D eigenvalue weighted by Gasteiger charge is 2.16. The van der Waals surface area contributed by atoms with Crippen LogP contribution in [0.3, 0.4) is 0 Å². The summed E-state index contributed by atoms with van der Waals surface area (Å²) >= 11 is 6.78. The Morgan fingerprint density at radius 1 is 1.72 bits per heavy atom. The third-order valence-electron chi connectivity index (χ3n) is 1.78. The number of rotatable bonds is 2. The van der Waals surface area contributed by atoms with Crippen LogP contribution in [0.15, 0.2) is 17.1 Å². The molecule has 18 heavy (non-hydrogen) atoms. The predicted octanol–water partition coefficient (Wildman–Crippen LogP) is 2.81. The van der Waals surface area contributed by atoms with Gasteiger partial charge in [-0.05, 0) is 6.26 Å². The van der Waals surface area contributed by atoms with Gasteiger partial charge in [-0.2, -0.15) is 5.26 Å². The molecule has 0 fully saturated rings. The molecule has 0 bridgehead atoms. The van der Waals surface area contributed by atoms with Crippen molar-refractivity contribution in [3.8, 4) is 6.19 Å². The maximum absolute atomic E-state index is 13.6. The zero-order chi connectivity index (χ0) is 13.7. The smallest absolute Gasteiger partial charge is 0.271 e. The largest absolute Gasteiger partial charge is 0.274 e. The Hall–Kier alpha value is -1.85. The fraction of sp³-hybridized carbons (Fsp3) is 0.111. The van der Waals surface area contributed by atoms with Crippen molar-refractivity contribution in [1.29, 1.82) is 5.26 Å². The number of nitrogens with zero attached hydrogens (tertiary/aromatic N) is 3. The van der Waals surface area contributed by atoms with E-state index in [0.717, 1.165) is 23.9 Å². The van der Waals surface area contributed by atoms with Crippen molar-refractivity contribution >= 4 is 39.9 Å². The molecule has 1 aromatic carbocycles. The Morgan fingerprint density at radius 3 is 2.83 bits per heavy atom. The number of benzene rings is 1. The number of hydrogen-bond acceptors (Lipinski definition) is 5. The number of nitriles is 1. The second kappa shape index (κ2) is 6.18. The van der Waals surface area contributed by atoms with Crippen LogP contribution in [0.1, 0.15) is 0 Å². The van der Waals surface area contributed by atoms with Crippen LogP contribution >= 0.6 is 23.4 Å². The lowest BCUT2D eigenvalue weighted by molar-refractivity contribution is -0.385. The highest BCUT2D eigenvalue weighted by atomic mass is 35.5. The first kappa shape index (κ1) is 14.2. The van der Waals surface area contributed by atoms with Crippen LogP contribution in [0.4, 0.5) is 15.8 Å². The summed E-state index contributed by atoms with van der Waals surface area (Å²) in [5.41, 5.74) is -0.718. The fourth-order valence-corrected chi connectivity index (χ4v) is 1.61. The molecule has 6 nitrogen and oxygen atoms in total. The number of non-ortho nitro benzene ring substituents is 1. The molecule has 0 aliphatic heterocycles. The van der Waals surface area contributed by atoms with E-state index >= 15 is 0 Å². The van der Waals surface area contributed by atoms with Gasteiger partial charge in [-0.1, -0.05) is 23.4 Å². The summed E-state index contributed by atoms with van der Waals surface area (Å²) in [6.45, 7) is 0. The molecule has 0 heterocycles. The number of hydrogen-bond donors (Lipinski definition) is 1. The average molecular weight is 289 g/mol. The Morgan fingerprint density at radius 2 is 2.39 bits per heavy atom. The number of nitrogens with one attached hydrogen (secondary N) is 1. The number of aliphatic imine (C=N–C) groups is 1. The fourth-order valence-electron chi connectivity index (χ4n) is 1.04. The summed E-state index contributed by atoms with van der Waals surface area (Å²) in [5.74, 6) is -0.930. The minimum absolute atomic E-state index is 0.132. The predicted molar refractivity (Wildman–Crippen MR) is 67.4 cm³/mol. The van der Waals surface area contributed by atoms with Crippen LogP contribution in [-0.4, -0.2) is 16.3 Å². The normalized spacial score (nSPS) is 10.9. The van der Waals surface area contributed by atoms with E-state index < -0.39 is 16.4 Å². The summed E-state index contributed by atoms with van der Waals surface area (Å²) in [6, 6.07) is 1.71. The van der Waals surface area contributed by atoms with Crippen LogP contribution in [-0.2, 0) is 0 Å². The van der Waals surface area contributed by atoms with Gasteiger partial charge in [-0.3, -0.25) is 15.4 Å². The SMILES string of the molecule is CSC(=Nc1c(F)cc([N+](=O)[O-])cc1Cl)NC#N. The minimum atomic E-state index is -0.930. The number of thioether (sulfide) groups is 1. The molecule has 0 aromatic heterocycles. The highest BCUT2D eigenvalue weighted by molar-refractivity contribution is 8.13. The van der Waals surface area contributed by atoms with Crippen LogP contribution in [0.5, 0.6) is 0 Å². The van der Waals surface area contributed by atoms with Gasteiger partial charge in [-0.15, -0.1) is 0 Å². The molecule has 1 N–H and O–H groups in total. The maximum Gasteiger partial charge on any atom is 0.274 e. The molecule has 1 rings (SSSR count). The van der Waals surface area contributed by atoms with Gasteiger partial charge in [0.1, 0.15) is 5.69 Å². The molecule has 0 saturated heterocycles. The minimum Gasteiger partial charge on any atom is -0.271 e. The Kier molecular flexibility index (Phi) is 4.88. The van der Waals surface area contributed by atoms with E-state index in [0.29, 0.717) is 0 Å². The van der Waals surface area contributed by atoms with E-state index in [-0.39, 0.29) is 15.9 Å². The quantitative estimate of drug-likeness (QED) is 0.226. The third-order valence-corrected chi connectivity index (χ3v) is 2.65. The first-order valence-corrected chi connectivity index (χ1v) is 6.01. The molecule has 0 amide bonds. The molecule has 94 valence electrons. The van der Waals surface area contributed by atoms with Crippen molar-refractivity contribution in [3.05, 3.63) is 33.1 Å². The zero-order valence-electron chi connectivity index (χ0n) is 8.98. The molecule has 0 aliphatic rings. The van der Waals surface area contributed by atoms with Crippen molar-refractivity contribution in [2.75, 3.05) is 6.26 Å². The van der Waals surface area contributed by atoms with Crippen LogP contribution < -0.4 is 5.32 Å². The van der Waals surface area contributed by atoms with Gasteiger partial charge < -0.3 is 0 Å². The van der Waals surface area contributed by atoms with Crippen molar-refractivity contribution in [2.24, 2.45) is 4.99 Å². The van der Waals surface area contributed by atoms with Crippen LogP contribution in [0.2, 0.25) is 5.02 Å². The van der Waals surface area contributed by atoms with Gasteiger partial charge in [-0.25, -0.2) is 9.38 Å². The molecule has 0 unspecified atom stereocenters. The average Bonchev–Trinajstić information content (AvgIpc) is 2.31. The van der Waals surface area contributed by atoms with Gasteiger partial charge >= 0.3 is 0 Å². The molecule has 9 heteroatoms. The van der Waals surface area contributed by atoms with Crippen molar-refractivity contribution < 1.29 is 9.31 Å². The number of amidine groups is 1. The molecule has 0 aliphatic carbocycles. The second-order valence-electron chi connectivity index (χ2n) is 2.87. The lowest BCUT2D eigenvalue weighted by atomic mass is 10.2. The first-order chi connectivity index (χ1) is 8.49. The van der Waals surface area contributed by atoms with E-state index in [2.05, 4.69) is 10.3 Å². The number of halogens is 2. The lowest BCUT2D eigenvalue weighted by Crippen LogP contribution is -2.12. The van der Waals surface area contributed by atoms with Gasteiger partial charge in [0.15, 0.2) is 17.2 Å². The molecular weight excluding hydrogens is 283 g/mol. The van der Waals surface area contributed by atoms with Gasteiger partial charge in [0.05, 0.1) is 16.0 Å². The van der Waals surface area contributed by atoms with E-state index in [1.54, 1.807) is 12.4 Å². The molecular formula is C9H6ClFN4O2S.